The lowest BCUT2D eigenvalue weighted by Crippen LogP contribution is -2.52. The van der Waals surface area contributed by atoms with Gasteiger partial charge in [-0.2, -0.15) is 0 Å². The molecule has 1 N–H and O–H groups in total. The number of aryl methyl sites for hydroxylation is 3. The number of urea groups is 1. The van der Waals surface area contributed by atoms with Crippen LogP contribution < -0.4 is 10.2 Å². The highest BCUT2D eigenvalue weighted by Gasteiger charge is 2.22. The Labute approximate surface area is 139 Å². The van der Waals surface area contributed by atoms with Crippen LogP contribution in [0.25, 0.3) is 0 Å². The normalized spacial score (nSPS) is 15.0. The highest BCUT2D eigenvalue weighted by molar-refractivity contribution is 5.74. The number of nitrogens with one attached hydrogen (secondary N) is 1. The molecule has 23 heavy (non-hydrogen) atoms. The number of nitrogens with zero attached hydrogens (tertiary/aromatic N) is 2. The third-order valence-electron chi connectivity index (χ3n) is 4.32. The Balaban J connectivity index is 1.88. The van der Waals surface area contributed by atoms with Gasteiger partial charge in [0, 0.05) is 52.1 Å². The van der Waals surface area contributed by atoms with Crippen molar-refractivity contribution in [3.63, 3.8) is 0 Å². The van der Waals surface area contributed by atoms with Gasteiger partial charge in [-0.1, -0.05) is 17.7 Å². The fourth-order valence-electron chi connectivity index (χ4n) is 3.33. The van der Waals surface area contributed by atoms with Gasteiger partial charge in [-0.3, -0.25) is 0 Å². The van der Waals surface area contributed by atoms with Crippen LogP contribution in [-0.4, -0.2) is 57.4 Å². The first-order valence-corrected chi connectivity index (χ1v) is 8.37. The molecule has 1 heterocycles. The SMILES string of the molecule is COCCCNC(=O)N1CCN(c2c(C)cc(C)cc2C)CC1. The molecule has 5 nitrogen and oxygen atoms in total. The molecular formula is C18H29N3O2. The number of hydrogen-bond donors (Lipinski definition) is 1. The van der Waals surface area contributed by atoms with Gasteiger partial charge in [0.15, 0.2) is 0 Å². The van der Waals surface area contributed by atoms with E-state index in [2.05, 4.69) is 43.1 Å². The van der Waals surface area contributed by atoms with Gasteiger partial charge in [0.2, 0.25) is 0 Å². The van der Waals surface area contributed by atoms with Crippen LogP contribution in [0, 0.1) is 20.8 Å². The molecule has 0 radical (unpaired) electrons. The number of amides is 2. The van der Waals surface area contributed by atoms with Crippen LogP contribution in [-0.2, 0) is 4.74 Å². The van der Waals surface area contributed by atoms with E-state index in [0.29, 0.717) is 13.2 Å². The van der Waals surface area contributed by atoms with E-state index in [1.165, 1.54) is 22.4 Å². The molecule has 0 atom stereocenters. The first-order chi connectivity index (χ1) is 11.0. The van der Waals surface area contributed by atoms with E-state index >= 15 is 0 Å². The number of ether oxygens (including phenoxy) is 1. The fourth-order valence-corrected chi connectivity index (χ4v) is 3.33. The third-order valence-corrected chi connectivity index (χ3v) is 4.32. The molecular weight excluding hydrogens is 290 g/mol. The largest absolute Gasteiger partial charge is 0.385 e. The van der Waals surface area contributed by atoms with Crippen molar-refractivity contribution in [1.82, 2.24) is 10.2 Å². The summed E-state index contributed by atoms with van der Waals surface area (Å²) in [6, 6.07) is 4.51. The summed E-state index contributed by atoms with van der Waals surface area (Å²) >= 11 is 0. The number of anilines is 1. The number of carbonyl (C=O) groups excluding carboxylic acids is 1. The number of benzene rings is 1. The highest BCUT2D eigenvalue weighted by atomic mass is 16.5. The smallest absolute Gasteiger partial charge is 0.317 e. The minimum Gasteiger partial charge on any atom is -0.385 e. The van der Waals surface area contributed by atoms with Crippen LogP contribution in [0.3, 0.4) is 0 Å². The Morgan fingerprint density at radius 1 is 1.13 bits per heavy atom. The molecule has 0 unspecified atom stereocenters. The molecule has 0 saturated carbocycles. The van der Waals surface area contributed by atoms with Crippen molar-refractivity contribution in [1.29, 1.82) is 0 Å². The summed E-state index contributed by atoms with van der Waals surface area (Å²) in [7, 11) is 1.68. The minimum absolute atomic E-state index is 0.0399. The van der Waals surface area contributed by atoms with Crippen LogP contribution in [0.4, 0.5) is 10.5 Å². The van der Waals surface area contributed by atoms with Gasteiger partial charge < -0.3 is 19.9 Å². The summed E-state index contributed by atoms with van der Waals surface area (Å²) in [5.74, 6) is 0. The van der Waals surface area contributed by atoms with Crippen molar-refractivity contribution in [3.05, 3.63) is 28.8 Å². The van der Waals surface area contributed by atoms with Crippen molar-refractivity contribution in [2.75, 3.05) is 51.3 Å². The minimum atomic E-state index is 0.0399. The number of rotatable bonds is 5. The molecule has 2 rings (SSSR count). The molecule has 1 saturated heterocycles. The lowest BCUT2D eigenvalue weighted by Gasteiger charge is -2.37. The zero-order valence-electron chi connectivity index (χ0n) is 14.8. The Morgan fingerprint density at radius 3 is 2.30 bits per heavy atom. The second kappa shape index (κ2) is 8.20. The van der Waals surface area contributed by atoms with Gasteiger partial charge in [-0.15, -0.1) is 0 Å². The summed E-state index contributed by atoms with van der Waals surface area (Å²) < 4.78 is 4.99. The molecule has 0 aliphatic carbocycles. The highest BCUT2D eigenvalue weighted by Crippen LogP contribution is 2.27. The van der Waals surface area contributed by atoms with Crippen molar-refractivity contribution in [2.45, 2.75) is 27.2 Å². The van der Waals surface area contributed by atoms with Crippen LogP contribution in [0.15, 0.2) is 12.1 Å². The van der Waals surface area contributed by atoms with Crippen molar-refractivity contribution in [3.8, 4) is 0 Å². The standard InChI is InChI=1S/C18H29N3O2/c1-14-12-15(2)17(16(3)13-14)20-7-9-21(10-8-20)18(22)19-6-5-11-23-4/h12-13H,5-11H2,1-4H3,(H,19,22). The Bertz CT molecular complexity index is 514. The lowest BCUT2D eigenvalue weighted by atomic mass is 10.0. The molecule has 1 fully saturated rings. The van der Waals surface area contributed by atoms with Crippen LogP contribution in [0.2, 0.25) is 0 Å². The maximum atomic E-state index is 12.1. The fraction of sp³-hybridized carbons (Fsp3) is 0.611. The number of methoxy groups -OCH3 is 1. The summed E-state index contributed by atoms with van der Waals surface area (Å²) in [5, 5.41) is 2.96. The third kappa shape index (κ3) is 4.61. The molecule has 128 valence electrons. The zero-order chi connectivity index (χ0) is 16.8. The summed E-state index contributed by atoms with van der Waals surface area (Å²) in [6.45, 7) is 11.1. The maximum Gasteiger partial charge on any atom is 0.317 e. The summed E-state index contributed by atoms with van der Waals surface area (Å²) in [5.41, 5.74) is 5.27. The van der Waals surface area contributed by atoms with E-state index in [4.69, 9.17) is 4.74 Å². The van der Waals surface area contributed by atoms with E-state index < -0.39 is 0 Å². The molecule has 1 aromatic carbocycles. The Morgan fingerprint density at radius 2 is 1.74 bits per heavy atom. The Kier molecular flexibility index (Phi) is 6.28. The number of piperazine rings is 1. The van der Waals surface area contributed by atoms with E-state index in [1.54, 1.807) is 7.11 Å². The topological polar surface area (TPSA) is 44.8 Å². The first kappa shape index (κ1) is 17.6. The molecule has 1 aromatic rings. The van der Waals surface area contributed by atoms with Gasteiger partial charge >= 0.3 is 6.03 Å². The molecule has 0 bridgehead atoms. The summed E-state index contributed by atoms with van der Waals surface area (Å²) in [6.07, 6.45) is 0.851. The van der Waals surface area contributed by atoms with Crippen molar-refractivity contribution in [2.24, 2.45) is 0 Å². The van der Waals surface area contributed by atoms with Gasteiger partial charge in [0.05, 0.1) is 0 Å². The van der Waals surface area contributed by atoms with Gasteiger partial charge in [0.1, 0.15) is 0 Å². The van der Waals surface area contributed by atoms with Crippen molar-refractivity contribution >= 4 is 11.7 Å². The van der Waals surface area contributed by atoms with Crippen LogP contribution in [0.5, 0.6) is 0 Å². The monoisotopic (exact) mass is 319 g/mol. The number of carbonyl (C=O) groups is 1. The average Bonchev–Trinajstić information content (AvgIpc) is 2.51. The van der Waals surface area contributed by atoms with E-state index in [1.807, 2.05) is 4.90 Å². The predicted molar refractivity (Wildman–Crippen MR) is 94.3 cm³/mol. The summed E-state index contributed by atoms with van der Waals surface area (Å²) in [4.78, 5) is 16.4. The predicted octanol–water partition coefficient (Wildman–Crippen LogP) is 2.48. The second-order valence-corrected chi connectivity index (χ2v) is 6.30. The number of hydrogen-bond acceptors (Lipinski definition) is 3. The molecule has 0 aromatic heterocycles. The molecule has 1 aliphatic heterocycles. The van der Waals surface area contributed by atoms with Gasteiger partial charge in [-0.05, 0) is 38.3 Å². The molecule has 1 aliphatic rings. The van der Waals surface area contributed by atoms with Crippen LogP contribution >= 0.6 is 0 Å². The van der Waals surface area contributed by atoms with Crippen LogP contribution in [0.1, 0.15) is 23.1 Å². The molecule has 2 amide bonds. The molecule has 5 heteroatoms. The van der Waals surface area contributed by atoms with E-state index in [-0.39, 0.29) is 6.03 Å². The van der Waals surface area contributed by atoms with Crippen molar-refractivity contribution < 1.29 is 9.53 Å². The average molecular weight is 319 g/mol. The lowest BCUT2D eigenvalue weighted by molar-refractivity contribution is 0.183. The van der Waals surface area contributed by atoms with Gasteiger partial charge in [-0.25, -0.2) is 4.79 Å². The van der Waals surface area contributed by atoms with Gasteiger partial charge in [0.25, 0.3) is 0 Å². The van der Waals surface area contributed by atoms with E-state index in [9.17, 15) is 4.79 Å². The quantitative estimate of drug-likeness (QED) is 0.848. The second-order valence-electron chi connectivity index (χ2n) is 6.30. The maximum absolute atomic E-state index is 12.1. The Hall–Kier alpha value is -1.75. The zero-order valence-corrected chi connectivity index (χ0v) is 14.8. The van der Waals surface area contributed by atoms with E-state index in [0.717, 1.165) is 32.6 Å². The first-order valence-electron chi connectivity index (χ1n) is 8.37. The molecule has 0 spiro atoms.